The molecule has 1 unspecified atom stereocenters. The van der Waals surface area contributed by atoms with Gasteiger partial charge < -0.3 is 5.32 Å². The van der Waals surface area contributed by atoms with Crippen LogP contribution in [0.4, 0.5) is 5.69 Å². The molecule has 0 spiro atoms. The lowest BCUT2D eigenvalue weighted by atomic mass is 10.2. The molecule has 2 rings (SSSR count). The van der Waals surface area contributed by atoms with Crippen molar-refractivity contribution < 1.29 is 8.42 Å². The molecule has 1 heterocycles. The predicted octanol–water partition coefficient (Wildman–Crippen LogP) is 2.40. The smallest absolute Gasteiger partial charge is 0.175 e. The lowest BCUT2D eigenvalue weighted by Gasteiger charge is -2.23. The minimum atomic E-state index is -3.08. The van der Waals surface area contributed by atoms with E-state index >= 15 is 0 Å². The lowest BCUT2D eigenvalue weighted by molar-refractivity contribution is 0.602. The summed E-state index contributed by atoms with van der Waals surface area (Å²) in [6, 6.07) is 7.52. The van der Waals surface area contributed by atoms with Crippen LogP contribution in [0.25, 0.3) is 0 Å². The standard InChI is InChI=1S/C12H17NO2S2/c1-17(14,15)12-6-4-10(5-7-12)13-11-3-2-8-16-9-11/h4-7,11,13H,2-3,8-9H2,1H3. The molecular formula is C12H17NO2S2. The molecule has 0 bridgehead atoms. The van der Waals surface area contributed by atoms with Crippen molar-refractivity contribution in [1.82, 2.24) is 0 Å². The van der Waals surface area contributed by atoms with Gasteiger partial charge in [0, 0.05) is 23.7 Å². The van der Waals surface area contributed by atoms with Gasteiger partial charge in [0.05, 0.1) is 4.90 Å². The van der Waals surface area contributed by atoms with Crippen LogP contribution in [-0.2, 0) is 9.84 Å². The Labute approximate surface area is 107 Å². The first-order chi connectivity index (χ1) is 8.05. The first-order valence-corrected chi connectivity index (χ1v) is 8.75. The minimum absolute atomic E-state index is 0.376. The van der Waals surface area contributed by atoms with Crippen molar-refractivity contribution in [3.05, 3.63) is 24.3 Å². The Bertz CT molecular complexity index is 462. The van der Waals surface area contributed by atoms with Crippen molar-refractivity contribution in [3.63, 3.8) is 0 Å². The van der Waals surface area contributed by atoms with Gasteiger partial charge in [-0.25, -0.2) is 8.42 Å². The van der Waals surface area contributed by atoms with Crippen molar-refractivity contribution in [1.29, 1.82) is 0 Å². The van der Waals surface area contributed by atoms with Crippen LogP contribution >= 0.6 is 11.8 Å². The highest BCUT2D eigenvalue weighted by atomic mass is 32.2. The van der Waals surface area contributed by atoms with E-state index in [1.807, 2.05) is 23.9 Å². The van der Waals surface area contributed by atoms with Gasteiger partial charge in [-0.1, -0.05) is 0 Å². The van der Waals surface area contributed by atoms with Gasteiger partial charge in [-0.2, -0.15) is 11.8 Å². The SMILES string of the molecule is CS(=O)(=O)c1ccc(NC2CCCSC2)cc1. The zero-order valence-electron chi connectivity index (χ0n) is 9.85. The monoisotopic (exact) mass is 271 g/mol. The molecule has 1 aliphatic heterocycles. The molecule has 1 atom stereocenters. The molecule has 3 nitrogen and oxygen atoms in total. The number of nitrogens with one attached hydrogen (secondary N) is 1. The summed E-state index contributed by atoms with van der Waals surface area (Å²) in [4.78, 5) is 0.376. The normalized spacial score (nSPS) is 21.1. The quantitative estimate of drug-likeness (QED) is 0.917. The van der Waals surface area contributed by atoms with Crippen LogP contribution in [0.5, 0.6) is 0 Å². The summed E-state index contributed by atoms with van der Waals surface area (Å²) in [5.74, 6) is 2.39. The molecular weight excluding hydrogens is 254 g/mol. The Morgan fingerprint density at radius 2 is 2.00 bits per heavy atom. The van der Waals surface area contributed by atoms with E-state index in [0.29, 0.717) is 10.9 Å². The summed E-state index contributed by atoms with van der Waals surface area (Å²) in [6.45, 7) is 0. The minimum Gasteiger partial charge on any atom is -0.381 e. The largest absolute Gasteiger partial charge is 0.381 e. The highest BCUT2D eigenvalue weighted by molar-refractivity contribution is 7.99. The first kappa shape index (κ1) is 12.8. The average Bonchev–Trinajstić information content (AvgIpc) is 2.30. The van der Waals surface area contributed by atoms with Crippen LogP contribution in [0.15, 0.2) is 29.2 Å². The molecule has 1 aliphatic rings. The summed E-state index contributed by atoms with van der Waals surface area (Å²) in [6.07, 6.45) is 3.68. The van der Waals surface area contributed by atoms with Gasteiger partial charge >= 0.3 is 0 Å². The van der Waals surface area contributed by atoms with Gasteiger partial charge in [-0.05, 0) is 42.9 Å². The molecule has 1 aromatic rings. The molecule has 0 radical (unpaired) electrons. The number of rotatable bonds is 3. The Kier molecular flexibility index (Phi) is 3.99. The molecule has 1 aromatic carbocycles. The van der Waals surface area contributed by atoms with E-state index in [0.717, 1.165) is 11.4 Å². The fourth-order valence-corrected chi connectivity index (χ4v) is 3.59. The Morgan fingerprint density at radius 1 is 1.29 bits per heavy atom. The second-order valence-electron chi connectivity index (χ2n) is 4.35. The molecule has 94 valence electrons. The van der Waals surface area contributed by atoms with Gasteiger partial charge in [0.25, 0.3) is 0 Å². The number of thioether (sulfide) groups is 1. The highest BCUT2D eigenvalue weighted by Gasteiger charge is 2.13. The van der Waals surface area contributed by atoms with Gasteiger partial charge in [0.2, 0.25) is 0 Å². The third-order valence-electron chi connectivity index (χ3n) is 2.81. The molecule has 17 heavy (non-hydrogen) atoms. The Hall–Kier alpha value is -0.680. The van der Waals surface area contributed by atoms with E-state index in [1.54, 1.807) is 12.1 Å². The van der Waals surface area contributed by atoms with E-state index < -0.39 is 9.84 Å². The van der Waals surface area contributed by atoms with E-state index in [-0.39, 0.29) is 0 Å². The van der Waals surface area contributed by atoms with Crippen LogP contribution in [-0.4, -0.2) is 32.2 Å². The zero-order chi connectivity index (χ0) is 12.3. The number of hydrogen-bond donors (Lipinski definition) is 1. The third kappa shape index (κ3) is 3.64. The maximum atomic E-state index is 11.3. The molecule has 0 aliphatic carbocycles. The van der Waals surface area contributed by atoms with Crippen LogP contribution in [0, 0.1) is 0 Å². The number of anilines is 1. The van der Waals surface area contributed by atoms with Gasteiger partial charge in [0.1, 0.15) is 0 Å². The predicted molar refractivity (Wildman–Crippen MR) is 73.5 cm³/mol. The summed E-state index contributed by atoms with van der Waals surface area (Å²) >= 11 is 1.97. The molecule has 1 fully saturated rings. The third-order valence-corrected chi connectivity index (χ3v) is 5.16. The second kappa shape index (κ2) is 5.31. The lowest BCUT2D eigenvalue weighted by Crippen LogP contribution is -2.25. The van der Waals surface area contributed by atoms with Crippen LogP contribution in [0.1, 0.15) is 12.8 Å². The molecule has 0 aromatic heterocycles. The molecule has 1 saturated heterocycles. The zero-order valence-corrected chi connectivity index (χ0v) is 11.5. The van der Waals surface area contributed by atoms with Crippen LogP contribution in [0.2, 0.25) is 0 Å². The Morgan fingerprint density at radius 3 is 2.53 bits per heavy atom. The molecule has 1 N–H and O–H groups in total. The number of sulfone groups is 1. The van der Waals surface area contributed by atoms with Gasteiger partial charge in [-0.3, -0.25) is 0 Å². The van der Waals surface area contributed by atoms with Gasteiger partial charge in [0.15, 0.2) is 9.84 Å². The van der Waals surface area contributed by atoms with Crippen molar-refractivity contribution in [2.75, 3.05) is 23.1 Å². The van der Waals surface area contributed by atoms with Gasteiger partial charge in [-0.15, -0.1) is 0 Å². The first-order valence-electron chi connectivity index (χ1n) is 5.70. The van der Waals surface area contributed by atoms with Crippen molar-refractivity contribution in [2.24, 2.45) is 0 Å². The molecule has 5 heteroatoms. The summed E-state index contributed by atoms with van der Waals surface area (Å²) in [5.41, 5.74) is 1.00. The maximum Gasteiger partial charge on any atom is 0.175 e. The summed E-state index contributed by atoms with van der Waals surface area (Å²) in [7, 11) is -3.08. The fraction of sp³-hybridized carbons (Fsp3) is 0.500. The topological polar surface area (TPSA) is 46.2 Å². The summed E-state index contributed by atoms with van der Waals surface area (Å²) < 4.78 is 22.6. The van der Waals surface area contributed by atoms with E-state index in [2.05, 4.69) is 5.32 Å². The maximum absolute atomic E-state index is 11.3. The van der Waals surface area contributed by atoms with Crippen LogP contribution in [0.3, 0.4) is 0 Å². The summed E-state index contributed by atoms with van der Waals surface area (Å²) in [5, 5.41) is 3.44. The van der Waals surface area contributed by atoms with Crippen LogP contribution < -0.4 is 5.32 Å². The number of hydrogen-bond acceptors (Lipinski definition) is 4. The van der Waals surface area contributed by atoms with Crippen molar-refractivity contribution in [2.45, 2.75) is 23.8 Å². The highest BCUT2D eigenvalue weighted by Crippen LogP contribution is 2.21. The molecule has 0 amide bonds. The average molecular weight is 271 g/mol. The van der Waals surface area contributed by atoms with Crippen molar-refractivity contribution >= 4 is 27.3 Å². The molecule has 0 saturated carbocycles. The van der Waals surface area contributed by atoms with E-state index in [1.165, 1.54) is 24.9 Å². The Balaban J connectivity index is 2.03. The number of benzene rings is 1. The van der Waals surface area contributed by atoms with Crippen molar-refractivity contribution in [3.8, 4) is 0 Å². The second-order valence-corrected chi connectivity index (χ2v) is 7.52. The van der Waals surface area contributed by atoms with E-state index in [9.17, 15) is 8.42 Å². The van der Waals surface area contributed by atoms with E-state index in [4.69, 9.17) is 0 Å². The fourth-order valence-electron chi connectivity index (χ4n) is 1.89.